The fourth-order valence-electron chi connectivity index (χ4n) is 1.89. The second kappa shape index (κ2) is 7.37. The lowest BCUT2D eigenvalue weighted by molar-refractivity contribution is 0.270. The first-order chi connectivity index (χ1) is 8.96. The van der Waals surface area contributed by atoms with Crippen molar-refractivity contribution in [1.82, 2.24) is 10.2 Å². The second-order valence-electron chi connectivity index (χ2n) is 5.89. The van der Waals surface area contributed by atoms with Gasteiger partial charge in [-0.1, -0.05) is 12.8 Å². The van der Waals surface area contributed by atoms with Crippen LogP contribution in [0.3, 0.4) is 0 Å². The Morgan fingerprint density at radius 1 is 1.42 bits per heavy atom. The molecule has 0 aliphatic heterocycles. The number of nitrogens with one attached hydrogen (secondary N) is 1. The zero-order valence-corrected chi connectivity index (χ0v) is 12.6. The van der Waals surface area contributed by atoms with Crippen LogP contribution in [0.5, 0.6) is 0 Å². The molecule has 19 heavy (non-hydrogen) atoms. The van der Waals surface area contributed by atoms with Crippen molar-refractivity contribution in [3.8, 4) is 12.3 Å². The summed E-state index contributed by atoms with van der Waals surface area (Å²) in [4.78, 5) is 2.24. The third-order valence-electron chi connectivity index (χ3n) is 2.87. The number of furan rings is 1. The molecule has 0 saturated carbocycles. The van der Waals surface area contributed by atoms with Gasteiger partial charge in [0.2, 0.25) is 0 Å². The van der Waals surface area contributed by atoms with Gasteiger partial charge in [0.1, 0.15) is 5.76 Å². The smallest absolute Gasteiger partial charge is 0.122 e. The number of hydrogen-bond acceptors (Lipinski definition) is 3. The minimum absolute atomic E-state index is 0.108. The van der Waals surface area contributed by atoms with Gasteiger partial charge in [0.25, 0.3) is 0 Å². The minimum Gasteiger partial charge on any atom is -0.468 e. The molecule has 0 radical (unpaired) electrons. The molecule has 0 spiro atoms. The number of nitrogens with zero attached hydrogens (tertiary/aromatic N) is 1. The van der Waals surface area contributed by atoms with Gasteiger partial charge in [-0.25, -0.2) is 0 Å². The highest BCUT2D eigenvalue weighted by Gasteiger charge is 2.14. The van der Waals surface area contributed by atoms with Crippen molar-refractivity contribution in [3.05, 3.63) is 23.7 Å². The Bertz CT molecular complexity index is 409. The van der Waals surface area contributed by atoms with Crippen molar-refractivity contribution in [2.24, 2.45) is 0 Å². The van der Waals surface area contributed by atoms with Crippen LogP contribution in [0.15, 0.2) is 16.7 Å². The first kappa shape index (κ1) is 15.8. The Hall–Kier alpha value is -1.24. The van der Waals surface area contributed by atoms with E-state index in [-0.39, 0.29) is 5.54 Å². The molecule has 0 fully saturated rings. The maximum atomic E-state index is 5.60. The van der Waals surface area contributed by atoms with Gasteiger partial charge < -0.3 is 9.73 Å². The van der Waals surface area contributed by atoms with Crippen molar-refractivity contribution in [2.75, 3.05) is 13.1 Å². The van der Waals surface area contributed by atoms with Crippen molar-refractivity contribution in [1.29, 1.82) is 0 Å². The van der Waals surface area contributed by atoms with E-state index in [0.717, 1.165) is 31.8 Å². The first-order valence-electron chi connectivity index (χ1n) is 6.92. The van der Waals surface area contributed by atoms with Gasteiger partial charge in [0.15, 0.2) is 0 Å². The minimum atomic E-state index is 0.108. The van der Waals surface area contributed by atoms with Crippen LogP contribution >= 0.6 is 0 Å². The van der Waals surface area contributed by atoms with E-state index in [1.165, 1.54) is 5.56 Å². The van der Waals surface area contributed by atoms with E-state index >= 15 is 0 Å². The molecule has 0 aliphatic carbocycles. The highest BCUT2D eigenvalue weighted by molar-refractivity contribution is 5.17. The Labute approximate surface area is 117 Å². The molecule has 0 aromatic carbocycles. The molecule has 1 rings (SSSR count). The Morgan fingerprint density at radius 2 is 2.16 bits per heavy atom. The molecule has 1 aromatic rings. The maximum Gasteiger partial charge on any atom is 0.122 e. The molecule has 0 atom stereocenters. The predicted molar refractivity (Wildman–Crippen MR) is 79.7 cm³/mol. The molecule has 0 saturated heterocycles. The molecule has 1 aromatic heterocycles. The summed E-state index contributed by atoms with van der Waals surface area (Å²) in [5, 5.41) is 3.48. The van der Waals surface area contributed by atoms with Gasteiger partial charge >= 0.3 is 0 Å². The van der Waals surface area contributed by atoms with Gasteiger partial charge in [-0.15, -0.1) is 6.42 Å². The van der Waals surface area contributed by atoms with Crippen LogP contribution in [0, 0.1) is 12.3 Å². The molecule has 0 amide bonds. The van der Waals surface area contributed by atoms with E-state index in [4.69, 9.17) is 10.8 Å². The van der Waals surface area contributed by atoms with E-state index in [9.17, 15) is 0 Å². The molecular formula is C16H26N2O. The fourth-order valence-corrected chi connectivity index (χ4v) is 1.89. The maximum absolute atomic E-state index is 5.60. The highest BCUT2D eigenvalue weighted by atomic mass is 16.3. The van der Waals surface area contributed by atoms with Crippen molar-refractivity contribution >= 4 is 0 Å². The molecule has 0 aliphatic rings. The summed E-state index contributed by atoms with van der Waals surface area (Å²) in [7, 11) is 0. The lowest BCUT2D eigenvalue weighted by Gasteiger charge is -2.21. The fraction of sp³-hybridized carbons (Fsp3) is 0.625. The van der Waals surface area contributed by atoms with Gasteiger partial charge in [-0.05, 0) is 39.8 Å². The van der Waals surface area contributed by atoms with E-state index in [1.54, 1.807) is 6.26 Å². The Kier molecular flexibility index (Phi) is 6.14. The predicted octanol–water partition coefficient (Wildman–Crippen LogP) is 3.01. The molecular weight excluding hydrogens is 236 g/mol. The molecule has 0 bridgehead atoms. The van der Waals surface area contributed by atoms with Gasteiger partial charge in [0.05, 0.1) is 19.4 Å². The molecule has 3 nitrogen and oxygen atoms in total. The van der Waals surface area contributed by atoms with Gasteiger partial charge in [-0.3, -0.25) is 4.90 Å². The monoisotopic (exact) mass is 262 g/mol. The standard InChI is InChI=1S/C16H26N2O/c1-6-9-18(10-7-2)13-15-14(8-11-19-15)12-17-16(3,4)5/h1,8,11,17H,7,9-10,12-13H2,2-5H3. The number of hydrogen-bond donors (Lipinski definition) is 1. The van der Waals surface area contributed by atoms with Crippen LogP contribution in [-0.2, 0) is 13.1 Å². The number of rotatable bonds is 7. The lowest BCUT2D eigenvalue weighted by Crippen LogP contribution is -2.35. The quantitative estimate of drug-likeness (QED) is 0.766. The van der Waals surface area contributed by atoms with E-state index < -0.39 is 0 Å². The summed E-state index contributed by atoms with van der Waals surface area (Å²) >= 11 is 0. The van der Waals surface area contributed by atoms with Gasteiger partial charge in [0, 0.05) is 17.6 Å². The molecule has 0 unspecified atom stereocenters. The first-order valence-corrected chi connectivity index (χ1v) is 6.92. The van der Waals surface area contributed by atoms with E-state index in [0.29, 0.717) is 6.54 Å². The number of terminal acetylenes is 1. The molecule has 106 valence electrons. The summed E-state index contributed by atoms with van der Waals surface area (Å²) < 4.78 is 5.60. The summed E-state index contributed by atoms with van der Waals surface area (Å²) in [6.45, 7) is 11.9. The van der Waals surface area contributed by atoms with E-state index in [1.807, 2.05) is 6.07 Å². The van der Waals surface area contributed by atoms with Crippen molar-refractivity contribution in [2.45, 2.75) is 52.7 Å². The van der Waals surface area contributed by atoms with Crippen LogP contribution < -0.4 is 5.32 Å². The van der Waals surface area contributed by atoms with Gasteiger partial charge in [-0.2, -0.15) is 0 Å². The average molecular weight is 262 g/mol. The molecule has 3 heteroatoms. The van der Waals surface area contributed by atoms with Crippen LogP contribution in [0.4, 0.5) is 0 Å². The zero-order chi connectivity index (χ0) is 14.3. The highest BCUT2D eigenvalue weighted by Crippen LogP contribution is 2.14. The van der Waals surface area contributed by atoms with Crippen LogP contribution in [-0.4, -0.2) is 23.5 Å². The summed E-state index contributed by atoms with van der Waals surface area (Å²) in [5.74, 6) is 3.72. The zero-order valence-electron chi connectivity index (χ0n) is 12.6. The molecule has 1 heterocycles. The van der Waals surface area contributed by atoms with Crippen LogP contribution in [0.2, 0.25) is 0 Å². The summed E-state index contributed by atoms with van der Waals surface area (Å²) in [5.41, 5.74) is 1.32. The molecule has 1 N–H and O–H groups in total. The average Bonchev–Trinajstić information content (AvgIpc) is 2.73. The van der Waals surface area contributed by atoms with Crippen molar-refractivity contribution < 1.29 is 4.42 Å². The Morgan fingerprint density at radius 3 is 2.74 bits per heavy atom. The summed E-state index contributed by atoms with van der Waals surface area (Å²) in [6, 6.07) is 2.04. The lowest BCUT2D eigenvalue weighted by atomic mass is 10.1. The normalized spacial score (nSPS) is 11.8. The third kappa shape index (κ3) is 5.96. The SMILES string of the molecule is C#CCN(CCC)Cc1occc1CNC(C)(C)C. The Balaban J connectivity index is 2.63. The van der Waals surface area contributed by atoms with Crippen LogP contribution in [0.25, 0.3) is 0 Å². The summed E-state index contributed by atoms with van der Waals surface area (Å²) in [6.07, 6.45) is 8.26. The largest absolute Gasteiger partial charge is 0.468 e. The second-order valence-corrected chi connectivity index (χ2v) is 5.89. The third-order valence-corrected chi connectivity index (χ3v) is 2.87. The van der Waals surface area contributed by atoms with E-state index in [2.05, 4.69) is 43.8 Å². The topological polar surface area (TPSA) is 28.4 Å². The van der Waals surface area contributed by atoms with Crippen LogP contribution in [0.1, 0.15) is 45.4 Å². The van der Waals surface area contributed by atoms with Crippen molar-refractivity contribution in [3.63, 3.8) is 0 Å².